The molecule has 3 aromatic rings. The number of fused-ring (bicyclic) bond motifs is 1. The number of ether oxygens (including phenoxy) is 1. The lowest BCUT2D eigenvalue weighted by atomic mass is 9.97. The highest BCUT2D eigenvalue weighted by Gasteiger charge is 2.37. The Morgan fingerprint density at radius 1 is 1.05 bits per heavy atom. The molecule has 1 fully saturated rings. The summed E-state index contributed by atoms with van der Waals surface area (Å²) in [5.41, 5.74) is 0.563. The summed E-state index contributed by atoms with van der Waals surface area (Å²) < 4.78 is 62.8. The standard InChI is InChI=1S/C29H35F4N5O3/c1-7-37(18(2)3)25(39)23-14-19(30)8-9-21(23)22-15-20(17-38-24(22)16-34-26(38)29(31,32)33)35-10-12-36(13-11-35)27(40)41-28(4,5)6/h8-9,14-18H,7,10-13H2,1-6H3. The summed E-state index contributed by atoms with van der Waals surface area (Å²) >= 11 is 0. The molecule has 2 aromatic heterocycles. The molecule has 0 N–H and O–H groups in total. The van der Waals surface area contributed by atoms with Gasteiger partial charge in [0.1, 0.15) is 11.4 Å². The average Bonchev–Trinajstić information content (AvgIpc) is 3.32. The van der Waals surface area contributed by atoms with E-state index in [4.69, 9.17) is 4.74 Å². The Labute approximate surface area is 236 Å². The maximum atomic E-state index is 14.5. The highest BCUT2D eigenvalue weighted by Crippen LogP contribution is 2.37. The van der Waals surface area contributed by atoms with Gasteiger partial charge in [0.15, 0.2) is 0 Å². The molecule has 2 amide bonds. The summed E-state index contributed by atoms with van der Waals surface area (Å²) in [5.74, 6) is -2.18. The number of hydrogen-bond acceptors (Lipinski definition) is 5. The Balaban J connectivity index is 1.81. The van der Waals surface area contributed by atoms with E-state index in [1.807, 2.05) is 18.7 Å². The lowest BCUT2D eigenvalue weighted by molar-refractivity contribution is -0.145. The van der Waals surface area contributed by atoms with Gasteiger partial charge >= 0.3 is 12.3 Å². The zero-order chi connectivity index (χ0) is 30.3. The quantitative estimate of drug-likeness (QED) is 0.344. The van der Waals surface area contributed by atoms with Gasteiger partial charge in [-0.25, -0.2) is 14.2 Å². The van der Waals surface area contributed by atoms with Crippen LogP contribution in [0.2, 0.25) is 0 Å². The fourth-order valence-electron chi connectivity index (χ4n) is 4.98. The van der Waals surface area contributed by atoms with Gasteiger partial charge in [-0.05, 0) is 65.3 Å². The van der Waals surface area contributed by atoms with Gasteiger partial charge in [-0.3, -0.25) is 9.20 Å². The van der Waals surface area contributed by atoms with Crippen LogP contribution in [-0.4, -0.2) is 75.6 Å². The van der Waals surface area contributed by atoms with E-state index in [2.05, 4.69) is 4.98 Å². The summed E-state index contributed by atoms with van der Waals surface area (Å²) in [6, 6.07) is 5.23. The molecule has 0 aliphatic carbocycles. The number of anilines is 1. The number of amides is 2. The van der Waals surface area contributed by atoms with Crippen molar-refractivity contribution >= 4 is 23.2 Å². The molecule has 0 unspecified atom stereocenters. The number of benzene rings is 1. The first-order valence-corrected chi connectivity index (χ1v) is 13.5. The maximum Gasteiger partial charge on any atom is 0.450 e. The van der Waals surface area contributed by atoms with Crippen LogP contribution in [0.1, 0.15) is 57.7 Å². The minimum atomic E-state index is -4.74. The largest absolute Gasteiger partial charge is 0.450 e. The average molecular weight is 578 g/mol. The van der Waals surface area contributed by atoms with Crippen molar-refractivity contribution in [3.8, 4) is 11.1 Å². The van der Waals surface area contributed by atoms with Crippen LogP contribution in [0.5, 0.6) is 0 Å². The van der Waals surface area contributed by atoms with Crippen molar-refractivity contribution < 1.29 is 31.9 Å². The summed E-state index contributed by atoms with van der Waals surface area (Å²) in [5, 5.41) is 0. The number of pyridine rings is 1. The number of hydrogen-bond donors (Lipinski definition) is 0. The normalized spacial score (nSPS) is 14.6. The van der Waals surface area contributed by atoms with Crippen LogP contribution < -0.4 is 4.90 Å². The van der Waals surface area contributed by atoms with Crippen LogP contribution in [0.4, 0.5) is 28.0 Å². The zero-order valence-electron chi connectivity index (χ0n) is 24.0. The van der Waals surface area contributed by atoms with Crippen molar-refractivity contribution in [3.05, 3.63) is 53.9 Å². The van der Waals surface area contributed by atoms with Crippen LogP contribution in [0.3, 0.4) is 0 Å². The van der Waals surface area contributed by atoms with E-state index in [1.54, 1.807) is 43.6 Å². The van der Waals surface area contributed by atoms with Crippen LogP contribution in [-0.2, 0) is 10.9 Å². The number of piperazine rings is 1. The number of carbonyl (C=O) groups is 2. The summed E-state index contributed by atoms with van der Waals surface area (Å²) in [7, 11) is 0. The molecule has 12 heteroatoms. The van der Waals surface area contributed by atoms with Gasteiger partial charge in [0.25, 0.3) is 5.91 Å². The van der Waals surface area contributed by atoms with E-state index in [1.165, 1.54) is 18.3 Å². The zero-order valence-corrected chi connectivity index (χ0v) is 24.0. The molecule has 0 saturated carbocycles. The topological polar surface area (TPSA) is 70.4 Å². The van der Waals surface area contributed by atoms with Crippen LogP contribution in [0, 0.1) is 5.82 Å². The molecule has 222 valence electrons. The molecule has 0 radical (unpaired) electrons. The van der Waals surface area contributed by atoms with Crippen LogP contribution in [0.25, 0.3) is 16.6 Å². The van der Waals surface area contributed by atoms with Crippen LogP contribution in [0.15, 0.2) is 36.7 Å². The fourth-order valence-corrected chi connectivity index (χ4v) is 4.98. The molecule has 0 spiro atoms. The molecular weight excluding hydrogens is 542 g/mol. The van der Waals surface area contributed by atoms with Gasteiger partial charge in [-0.2, -0.15) is 13.2 Å². The van der Waals surface area contributed by atoms with Crippen molar-refractivity contribution in [2.45, 2.75) is 59.4 Å². The van der Waals surface area contributed by atoms with E-state index < -0.39 is 35.4 Å². The number of alkyl halides is 3. The Kier molecular flexibility index (Phi) is 8.24. The maximum absolute atomic E-state index is 14.5. The predicted octanol–water partition coefficient (Wildman–Crippen LogP) is 6.09. The summed E-state index contributed by atoms with van der Waals surface area (Å²) in [6.07, 6.45) is -2.73. The van der Waals surface area contributed by atoms with Crippen molar-refractivity contribution in [1.29, 1.82) is 0 Å². The summed E-state index contributed by atoms with van der Waals surface area (Å²) in [4.78, 5) is 34.7. The third kappa shape index (κ3) is 6.41. The summed E-state index contributed by atoms with van der Waals surface area (Å²) in [6.45, 7) is 12.5. The number of rotatable bonds is 5. The Morgan fingerprint density at radius 3 is 2.27 bits per heavy atom. The monoisotopic (exact) mass is 577 g/mol. The molecule has 0 bridgehead atoms. The molecule has 1 aromatic carbocycles. The lowest BCUT2D eigenvalue weighted by Gasteiger charge is -2.37. The molecule has 4 rings (SSSR count). The van der Waals surface area contributed by atoms with Crippen LogP contribution >= 0.6 is 0 Å². The Morgan fingerprint density at radius 2 is 1.71 bits per heavy atom. The third-order valence-corrected chi connectivity index (χ3v) is 6.90. The van der Waals surface area contributed by atoms with Gasteiger partial charge in [0.2, 0.25) is 5.82 Å². The smallest absolute Gasteiger partial charge is 0.444 e. The third-order valence-electron chi connectivity index (χ3n) is 6.90. The number of nitrogens with zero attached hydrogens (tertiary/aromatic N) is 5. The molecular formula is C29H35F4N5O3. The second kappa shape index (κ2) is 11.2. The van der Waals surface area contributed by atoms with Gasteiger partial charge in [-0.15, -0.1) is 0 Å². The van der Waals surface area contributed by atoms with Crippen molar-refractivity contribution in [2.75, 3.05) is 37.6 Å². The predicted molar refractivity (Wildman–Crippen MR) is 147 cm³/mol. The number of carbonyl (C=O) groups excluding carboxylic acids is 2. The molecule has 1 saturated heterocycles. The fraction of sp³-hybridized carbons (Fsp3) is 0.483. The van der Waals surface area contributed by atoms with Gasteiger partial charge < -0.3 is 19.4 Å². The Hall–Kier alpha value is -3.83. The lowest BCUT2D eigenvalue weighted by Crippen LogP contribution is -2.50. The van der Waals surface area contributed by atoms with E-state index in [0.29, 0.717) is 49.5 Å². The first-order valence-electron chi connectivity index (χ1n) is 13.5. The van der Waals surface area contributed by atoms with Gasteiger partial charge in [0, 0.05) is 50.5 Å². The van der Waals surface area contributed by atoms with Crippen molar-refractivity contribution in [2.24, 2.45) is 0 Å². The second-order valence-corrected chi connectivity index (χ2v) is 11.3. The van der Waals surface area contributed by atoms with Gasteiger partial charge in [0.05, 0.1) is 23.0 Å². The Bertz CT molecular complexity index is 1440. The number of imidazole rings is 1. The first kappa shape index (κ1) is 30.1. The molecule has 8 nitrogen and oxygen atoms in total. The van der Waals surface area contributed by atoms with E-state index >= 15 is 0 Å². The molecule has 1 aliphatic heterocycles. The number of halogens is 4. The molecule has 41 heavy (non-hydrogen) atoms. The minimum Gasteiger partial charge on any atom is -0.444 e. The minimum absolute atomic E-state index is 0.0455. The van der Waals surface area contributed by atoms with E-state index in [-0.39, 0.29) is 17.1 Å². The number of aromatic nitrogens is 2. The SMILES string of the molecule is CCN(C(=O)c1cc(F)ccc1-c1cc(N2CCN(C(=O)OC(C)(C)C)CC2)cn2c(C(F)(F)F)ncc12)C(C)C. The van der Waals surface area contributed by atoms with Gasteiger partial charge in [-0.1, -0.05) is 6.07 Å². The molecule has 0 atom stereocenters. The molecule has 3 heterocycles. The second-order valence-electron chi connectivity index (χ2n) is 11.3. The van der Waals surface area contributed by atoms with Crippen molar-refractivity contribution in [3.63, 3.8) is 0 Å². The van der Waals surface area contributed by atoms with E-state index in [9.17, 15) is 27.2 Å². The van der Waals surface area contributed by atoms with E-state index in [0.717, 1.165) is 16.7 Å². The highest BCUT2D eigenvalue weighted by atomic mass is 19.4. The molecule has 1 aliphatic rings. The first-order chi connectivity index (χ1) is 19.1. The van der Waals surface area contributed by atoms with Crippen molar-refractivity contribution in [1.82, 2.24) is 19.2 Å². The highest BCUT2D eigenvalue weighted by molar-refractivity contribution is 6.03.